The van der Waals surface area contributed by atoms with E-state index in [1.54, 1.807) is 0 Å². The van der Waals surface area contributed by atoms with Crippen molar-refractivity contribution in [1.29, 1.82) is 0 Å². The Morgan fingerprint density at radius 3 is 2.55 bits per heavy atom. The molecule has 22 heavy (non-hydrogen) atoms. The number of benzene rings is 1. The molecule has 0 saturated heterocycles. The van der Waals surface area contributed by atoms with Gasteiger partial charge in [0.1, 0.15) is 10.8 Å². The molecule has 0 radical (unpaired) electrons. The van der Waals surface area contributed by atoms with Crippen molar-refractivity contribution in [3.8, 4) is 11.5 Å². The van der Waals surface area contributed by atoms with Crippen LogP contribution in [0.15, 0.2) is 11.2 Å². The lowest BCUT2D eigenvalue weighted by molar-refractivity contribution is -0.147. The van der Waals surface area contributed by atoms with Crippen molar-refractivity contribution >= 4 is 41.6 Å². The maximum absolute atomic E-state index is 12.7. The maximum atomic E-state index is 12.7. The Bertz CT molecular complexity index is 816. The molecule has 2 aromatic rings. The molecule has 3 N–H and O–H groups in total. The van der Waals surface area contributed by atoms with Gasteiger partial charge < -0.3 is 10.2 Å². The average molecular weight is 373 g/mol. The van der Waals surface area contributed by atoms with Gasteiger partial charge in [-0.05, 0) is 18.3 Å². The van der Waals surface area contributed by atoms with Crippen LogP contribution in [0.1, 0.15) is 11.4 Å². The molecule has 1 aromatic heterocycles. The standard InChI is InChI=1S/C10H5Cl2F3N4O2S/c11-4-1-3(6(20)5(12)7(4)21)2-16-19-8(10(13,14)15)17-18-9(19)22/h1-2,20-21H,(H,18,22)/b16-2-. The smallest absolute Gasteiger partial charge is 0.453 e. The number of hydrogen-bond donors (Lipinski definition) is 3. The highest BCUT2D eigenvalue weighted by Gasteiger charge is 2.37. The average Bonchev–Trinajstić information content (AvgIpc) is 2.80. The Morgan fingerprint density at radius 1 is 1.32 bits per heavy atom. The number of aromatic nitrogens is 3. The maximum Gasteiger partial charge on any atom is 0.453 e. The molecule has 0 atom stereocenters. The fourth-order valence-corrected chi connectivity index (χ4v) is 2.07. The Kier molecular flexibility index (Phi) is 4.36. The summed E-state index contributed by atoms with van der Waals surface area (Å²) < 4.78 is 38.0. The number of phenols is 2. The van der Waals surface area contributed by atoms with Crippen molar-refractivity contribution < 1.29 is 23.4 Å². The fraction of sp³-hybridized carbons (Fsp3) is 0.100. The SMILES string of the molecule is Oc1c(Cl)cc(/C=N\n2c(C(F)(F)F)n[nH]c2=S)c(O)c1Cl. The topological polar surface area (TPSA) is 86.4 Å². The van der Waals surface area contributed by atoms with Gasteiger partial charge >= 0.3 is 6.18 Å². The van der Waals surface area contributed by atoms with Crippen LogP contribution in [0, 0.1) is 4.77 Å². The van der Waals surface area contributed by atoms with Crippen LogP contribution in [0.5, 0.6) is 11.5 Å². The molecule has 12 heteroatoms. The molecule has 118 valence electrons. The van der Waals surface area contributed by atoms with Crippen LogP contribution in [-0.4, -0.2) is 31.3 Å². The van der Waals surface area contributed by atoms with E-state index in [9.17, 15) is 23.4 Å². The normalized spacial score (nSPS) is 12.2. The molecule has 0 bridgehead atoms. The Morgan fingerprint density at radius 2 is 1.95 bits per heavy atom. The molecule has 6 nitrogen and oxygen atoms in total. The summed E-state index contributed by atoms with van der Waals surface area (Å²) in [5.74, 6) is -2.53. The monoisotopic (exact) mass is 372 g/mol. The van der Waals surface area contributed by atoms with Crippen LogP contribution >= 0.6 is 35.4 Å². The van der Waals surface area contributed by atoms with Gasteiger partial charge in [0, 0.05) is 5.56 Å². The van der Waals surface area contributed by atoms with Crippen LogP contribution < -0.4 is 0 Å². The highest BCUT2D eigenvalue weighted by molar-refractivity contribution is 7.71. The molecular weight excluding hydrogens is 368 g/mol. The number of phenolic OH excluding ortho intramolecular Hbond substituents is 2. The largest absolute Gasteiger partial charge is 0.506 e. The summed E-state index contributed by atoms with van der Waals surface area (Å²) in [7, 11) is 0. The number of nitrogens with zero attached hydrogens (tertiary/aromatic N) is 3. The minimum Gasteiger partial charge on any atom is -0.506 e. The van der Waals surface area contributed by atoms with Crippen LogP contribution in [0.3, 0.4) is 0 Å². The first kappa shape index (κ1) is 16.6. The summed E-state index contributed by atoms with van der Waals surface area (Å²) >= 11 is 15.9. The molecule has 0 aliphatic rings. The molecular formula is C10H5Cl2F3N4O2S. The molecule has 0 aliphatic carbocycles. The zero-order chi connectivity index (χ0) is 16.7. The number of alkyl halides is 3. The zero-order valence-corrected chi connectivity index (χ0v) is 12.5. The van der Waals surface area contributed by atoms with Crippen molar-refractivity contribution in [3.63, 3.8) is 0 Å². The lowest BCUT2D eigenvalue weighted by Gasteiger charge is -2.06. The van der Waals surface area contributed by atoms with Gasteiger partial charge in [-0.1, -0.05) is 23.2 Å². The van der Waals surface area contributed by atoms with Crippen molar-refractivity contribution in [1.82, 2.24) is 14.9 Å². The number of hydrogen-bond acceptors (Lipinski definition) is 5. The molecule has 1 aromatic carbocycles. The number of halogens is 5. The van der Waals surface area contributed by atoms with E-state index in [0.29, 0.717) is 4.68 Å². The first-order valence-corrected chi connectivity index (χ1v) is 6.48. The first-order chi connectivity index (χ1) is 10.1. The number of nitrogens with one attached hydrogen (secondary N) is 1. The van der Waals surface area contributed by atoms with Gasteiger partial charge in [0.15, 0.2) is 5.75 Å². The van der Waals surface area contributed by atoms with E-state index in [1.165, 1.54) is 0 Å². The predicted octanol–water partition coefficient (Wildman–Crippen LogP) is 3.56. The van der Waals surface area contributed by atoms with Crippen LogP contribution in [0.4, 0.5) is 13.2 Å². The lowest BCUT2D eigenvalue weighted by Crippen LogP contribution is -2.12. The second kappa shape index (κ2) is 5.78. The van der Waals surface area contributed by atoms with Crippen LogP contribution in [0.25, 0.3) is 0 Å². The molecule has 0 saturated carbocycles. The van der Waals surface area contributed by atoms with Crippen molar-refractivity contribution in [2.45, 2.75) is 6.18 Å². The van der Waals surface area contributed by atoms with Crippen LogP contribution in [0.2, 0.25) is 10.0 Å². The second-order valence-corrected chi connectivity index (χ2v) is 5.04. The number of aromatic hydroxyl groups is 2. The molecule has 1 heterocycles. The molecule has 0 amide bonds. The van der Waals surface area contributed by atoms with E-state index in [4.69, 9.17) is 23.2 Å². The second-order valence-electron chi connectivity index (χ2n) is 3.87. The van der Waals surface area contributed by atoms with Crippen molar-refractivity contribution in [3.05, 3.63) is 32.3 Å². The summed E-state index contributed by atoms with van der Waals surface area (Å²) in [5.41, 5.74) is -0.121. The van der Waals surface area contributed by atoms with E-state index in [0.717, 1.165) is 12.3 Å². The van der Waals surface area contributed by atoms with Crippen molar-refractivity contribution in [2.24, 2.45) is 5.10 Å². The summed E-state index contributed by atoms with van der Waals surface area (Å²) in [4.78, 5) is 0. The van der Waals surface area contributed by atoms with E-state index in [2.05, 4.69) is 22.4 Å². The van der Waals surface area contributed by atoms with Gasteiger partial charge in [0.25, 0.3) is 5.82 Å². The highest BCUT2D eigenvalue weighted by Crippen LogP contribution is 2.40. The molecule has 0 unspecified atom stereocenters. The number of H-pyrrole nitrogens is 1. The summed E-state index contributed by atoms with van der Waals surface area (Å²) in [6.07, 6.45) is -3.94. The van der Waals surface area contributed by atoms with E-state index in [-0.39, 0.29) is 10.6 Å². The third kappa shape index (κ3) is 3.03. The number of rotatable bonds is 2. The summed E-state index contributed by atoms with van der Waals surface area (Å²) in [6, 6.07) is 1.07. The van der Waals surface area contributed by atoms with Gasteiger partial charge in [-0.15, -0.1) is 5.10 Å². The van der Waals surface area contributed by atoms with E-state index < -0.39 is 33.3 Å². The Balaban J connectivity index is 2.52. The van der Waals surface area contributed by atoms with E-state index >= 15 is 0 Å². The predicted molar refractivity (Wildman–Crippen MR) is 75.2 cm³/mol. The molecule has 0 spiro atoms. The van der Waals surface area contributed by atoms with Gasteiger partial charge in [-0.25, -0.2) is 5.10 Å². The minimum absolute atomic E-state index is 0.121. The summed E-state index contributed by atoms with van der Waals surface area (Å²) in [6.45, 7) is 0. The van der Waals surface area contributed by atoms with Gasteiger partial charge in [-0.2, -0.15) is 22.9 Å². The quantitative estimate of drug-likeness (QED) is 0.555. The van der Waals surface area contributed by atoms with Gasteiger partial charge in [0.05, 0.1) is 11.2 Å². The third-order valence-corrected chi connectivity index (χ3v) is 3.32. The Hall–Kier alpha value is -1.78. The number of aromatic amines is 1. The minimum atomic E-state index is -4.78. The van der Waals surface area contributed by atoms with Gasteiger partial charge in [0.2, 0.25) is 4.77 Å². The van der Waals surface area contributed by atoms with Crippen molar-refractivity contribution in [2.75, 3.05) is 0 Å². The third-order valence-electron chi connectivity index (χ3n) is 2.41. The molecule has 0 aliphatic heterocycles. The van der Waals surface area contributed by atoms with Crippen LogP contribution in [-0.2, 0) is 6.18 Å². The zero-order valence-electron chi connectivity index (χ0n) is 10.2. The first-order valence-electron chi connectivity index (χ1n) is 5.31. The fourth-order valence-electron chi connectivity index (χ4n) is 1.42. The van der Waals surface area contributed by atoms with Gasteiger partial charge in [-0.3, -0.25) is 0 Å². The lowest BCUT2D eigenvalue weighted by atomic mass is 10.2. The Labute approximate surface area is 135 Å². The molecule has 0 fully saturated rings. The molecule has 2 rings (SSSR count). The summed E-state index contributed by atoms with van der Waals surface area (Å²) in [5, 5.41) is 26.9. The van der Waals surface area contributed by atoms with E-state index in [1.807, 2.05) is 5.10 Å². The highest BCUT2D eigenvalue weighted by atomic mass is 35.5.